The molecule has 0 aliphatic rings. The summed E-state index contributed by atoms with van der Waals surface area (Å²) in [6, 6.07) is 8.14. The first kappa shape index (κ1) is 11.7. The van der Waals surface area contributed by atoms with Gasteiger partial charge in [0, 0.05) is 24.1 Å². The van der Waals surface area contributed by atoms with Crippen molar-refractivity contribution in [2.24, 2.45) is 5.92 Å². The fourth-order valence-corrected chi connectivity index (χ4v) is 1.63. The summed E-state index contributed by atoms with van der Waals surface area (Å²) in [7, 11) is 1.66. The minimum Gasteiger partial charge on any atom is -0.396 e. The van der Waals surface area contributed by atoms with Gasteiger partial charge in [0.15, 0.2) is 0 Å². The van der Waals surface area contributed by atoms with Crippen LogP contribution in [-0.2, 0) is 11.2 Å². The van der Waals surface area contributed by atoms with Gasteiger partial charge in [-0.15, -0.1) is 0 Å². The molecule has 2 nitrogen and oxygen atoms in total. The maximum atomic E-state index is 9.08. The first-order valence-corrected chi connectivity index (χ1v) is 5.39. The summed E-state index contributed by atoms with van der Waals surface area (Å²) in [5.74, 6) is 0.196. The van der Waals surface area contributed by atoms with Crippen LogP contribution in [0.3, 0.4) is 0 Å². The normalized spacial score (nSPS) is 12.8. The van der Waals surface area contributed by atoms with E-state index < -0.39 is 0 Å². The van der Waals surface area contributed by atoms with Crippen molar-refractivity contribution in [1.82, 2.24) is 0 Å². The highest BCUT2D eigenvalue weighted by atomic mass is 79.9. The molecule has 0 saturated carbocycles. The molecule has 0 spiro atoms. The quantitative estimate of drug-likeness (QED) is 0.878. The zero-order valence-electron chi connectivity index (χ0n) is 8.24. The minimum atomic E-state index is 0.171. The average Bonchev–Trinajstić information content (AvgIpc) is 2.20. The molecule has 0 amide bonds. The lowest BCUT2D eigenvalue weighted by Crippen LogP contribution is -2.15. The van der Waals surface area contributed by atoms with Gasteiger partial charge in [-0.1, -0.05) is 28.1 Å². The number of aliphatic hydroxyl groups excluding tert-OH is 1. The van der Waals surface area contributed by atoms with Crippen LogP contribution in [0.2, 0.25) is 0 Å². The zero-order valence-corrected chi connectivity index (χ0v) is 9.83. The Kier molecular flexibility index (Phi) is 5.15. The van der Waals surface area contributed by atoms with Gasteiger partial charge in [0.1, 0.15) is 0 Å². The largest absolute Gasteiger partial charge is 0.396 e. The molecule has 0 bridgehead atoms. The fraction of sp³-hybridized carbons (Fsp3) is 0.455. The Morgan fingerprint density at radius 3 is 2.50 bits per heavy atom. The zero-order chi connectivity index (χ0) is 10.4. The van der Waals surface area contributed by atoms with Gasteiger partial charge in [0.2, 0.25) is 0 Å². The predicted molar refractivity (Wildman–Crippen MR) is 60.3 cm³/mol. The molecular formula is C11H15BrO2. The average molecular weight is 259 g/mol. The Labute approximate surface area is 93.0 Å². The Morgan fingerprint density at radius 1 is 1.36 bits per heavy atom. The number of halogens is 1. The molecule has 1 unspecified atom stereocenters. The lowest BCUT2D eigenvalue weighted by molar-refractivity contribution is 0.110. The second-order valence-corrected chi connectivity index (χ2v) is 4.25. The molecule has 0 heterocycles. The summed E-state index contributed by atoms with van der Waals surface area (Å²) < 4.78 is 6.10. The van der Waals surface area contributed by atoms with Gasteiger partial charge in [-0.3, -0.25) is 0 Å². The van der Waals surface area contributed by atoms with E-state index in [1.807, 2.05) is 12.1 Å². The smallest absolute Gasteiger partial charge is 0.0515 e. The van der Waals surface area contributed by atoms with Crippen LogP contribution in [0.15, 0.2) is 28.7 Å². The van der Waals surface area contributed by atoms with E-state index in [9.17, 15) is 0 Å². The van der Waals surface area contributed by atoms with Crippen LogP contribution in [0.25, 0.3) is 0 Å². The summed E-state index contributed by atoms with van der Waals surface area (Å²) in [6.07, 6.45) is 0.859. The van der Waals surface area contributed by atoms with Crippen LogP contribution in [0, 0.1) is 5.92 Å². The molecular weight excluding hydrogens is 244 g/mol. The molecule has 0 saturated heterocycles. The van der Waals surface area contributed by atoms with Gasteiger partial charge in [-0.25, -0.2) is 0 Å². The fourth-order valence-electron chi connectivity index (χ4n) is 1.37. The molecule has 0 aliphatic heterocycles. The first-order chi connectivity index (χ1) is 6.76. The first-order valence-electron chi connectivity index (χ1n) is 4.60. The van der Waals surface area contributed by atoms with Crippen molar-refractivity contribution in [1.29, 1.82) is 0 Å². The summed E-state index contributed by atoms with van der Waals surface area (Å²) in [4.78, 5) is 0. The third-order valence-electron chi connectivity index (χ3n) is 2.10. The van der Waals surface area contributed by atoms with E-state index in [1.165, 1.54) is 5.56 Å². The molecule has 1 N–H and O–H groups in total. The van der Waals surface area contributed by atoms with Gasteiger partial charge >= 0.3 is 0 Å². The SMILES string of the molecule is COCC(CO)Cc1ccc(Br)cc1. The molecule has 0 aliphatic carbocycles. The molecule has 0 radical (unpaired) electrons. The number of methoxy groups -OCH3 is 1. The Bertz CT molecular complexity index is 258. The number of ether oxygens (including phenoxy) is 1. The molecule has 1 aromatic carbocycles. The number of hydrogen-bond acceptors (Lipinski definition) is 2. The van der Waals surface area contributed by atoms with Gasteiger partial charge in [-0.2, -0.15) is 0 Å². The van der Waals surface area contributed by atoms with E-state index in [0.29, 0.717) is 6.61 Å². The van der Waals surface area contributed by atoms with Crippen LogP contribution in [0.1, 0.15) is 5.56 Å². The Hall–Kier alpha value is -0.380. The van der Waals surface area contributed by atoms with E-state index in [2.05, 4.69) is 28.1 Å². The lowest BCUT2D eigenvalue weighted by Gasteiger charge is -2.12. The van der Waals surface area contributed by atoms with Crippen LogP contribution in [0.5, 0.6) is 0 Å². The molecule has 78 valence electrons. The summed E-state index contributed by atoms with van der Waals surface area (Å²) >= 11 is 3.39. The number of rotatable bonds is 5. The number of benzene rings is 1. The maximum absolute atomic E-state index is 9.08. The molecule has 0 fully saturated rings. The monoisotopic (exact) mass is 258 g/mol. The van der Waals surface area contributed by atoms with Crippen molar-refractivity contribution in [3.05, 3.63) is 34.3 Å². The highest BCUT2D eigenvalue weighted by Crippen LogP contribution is 2.14. The predicted octanol–water partition coefficient (Wildman–Crippen LogP) is 2.25. The van der Waals surface area contributed by atoms with E-state index >= 15 is 0 Å². The van der Waals surface area contributed by atoms with Crippen molar-refractivity contribution in [3.63, 3.8) is 0 Å². The molecule has 1 aromatic rings. The number of hydrogen-bond donors (Lipinski definition) is 1. The van der Waals surface area contributed by atoms with Crippen LogP contribution in [0.4, 0.5) is 0 Å². The van der Waals surface area contributed by atoms with Crippen LogP contribution < -0.4 is 0 Å². The highest BCUT2D eigenvalue weighted by molar-refractivity contribution is 9.10. The van der Waals surface area contributed by atoms with E-state index in [1.54, 1.807) is 7.11 Å². The third-order valence-corrected chi connectivity index (χ3v) is 2.63. The van der Waals surface area contributed by atoms with Gasteiger partial charge < -0.3 is 9.84 Å². The second kappa shape index (κ2) is 6.17. The maximum Gasteiger partial charge on any atom is 0.0515 e. The molecule has 3 heteroatoms. The minimum absolute atomic E-state index is 0.171. The molecule has 14 heavy (non-hydrogen) atoms. The summed E-state index contributed by atoms with van der Waals surface area (Å²) in [6.45, 7) is 0.774. The topological polar surface area (TPSA) is 29.5 Å². The summed E-state index contributed by atoms with van der Waals surface area (Å²) in [5, 5.41) is 9.08. The van der Waals surface area contributed by atoms with Crippen molar-refractivity contribution in [3.8, 4) is 0 Å². The van der Waals surface area contributed by atoms with Gasteiger partial charge in [0.05, 0.1) is 6.61 Å². The molecule has 0 aromatic heterocycles. The molecule has 1 rings (SSSR count). The van der Waals surface area contributed by atoms with Crippen molar-refractivity contribution >= 4 is 15.9 Å². The second-order valence-electron chi connectivity index (χ2n) is 3.33. The van der Waals surface area contributed by atoms with E-state index in [4.69, 9.17) is 9.84 Å². The number of aliphatic hydroxyl groups is 1. The van der Waals surface area contributed by atoms with Crippen LogP contribution >= 0.6 is 15.9 Å². The van der Waals surface area contributed by atoms with E-state index in [0.717, 1.165) is 10.9 Å². The summed E-state index contributed by atoms with van der Waals surface area (Å²) in [5.41, 5.74) is 1.23. The van der Waals surface area contributed by atoms with Crippen LogP contribution in [-0.4, -0.2) is 25.4 Å². The van der Waals surface area contributed by atoms with Gasteiger partial charge in [-0.05, 0) is 24.1 Å². The Morgan fingerprint density at radius 2 is 2.00 bits per heavy atom. The Balaban J connectivity index is 2.53. The van der Waals surface area contributed by atoms with E-state index in [-0.39, 0.29) is 12.5 Å². The van der Waals surface area contributed by atoms with Crippen molar-refractivity contribution in [2.45, 2.75) is 6.42 Å². The standard InChI is InChI=1S/C11H15BrO2/c1-14-8-10(7-13)6-9-2-4-11(12)5-3-9/h2-5,10,13H,6-8H2,1H3. The lowest BCUT2D eigenvalue weighted by atomic mass is 10.0. The van der Waals surface area contributed by atoms with Gasteiger partial charge in [0.25, 0.3) is 0 Å². The van der Waals surface area contributed by atoms with Crippen molar-refractivity contribution in [2.75, 3.05) is 20.3 Å². The third kappa shape index (κ3) is 3.78. The van der Waals surface area contributed by atoms with Crippen molar-refractivity contribution < 1.29 is 9.84 Å². The molecule has 1 atom stereocenters. The highest BCUT2D eigenvalue weighted by Gasteiger charge is 2.07.